The zero-order chi connectivity index (χ0) is 23.0. The van der Waals surface area contributed by atoms with Gasteiger partial charge in [0.15, 0.2) is 0 Å². The molecule has 0 aliphatic carbocycles. The summed E-state index contributed by atoms with van der Waals surface area (Å²) in [5, 5.41) is 11.2. The van der Waals surface area contributed by atoms with Gasteiger partial charge in [0, 0.05) is 23.6 Å². The Kier molecular flexibility index (Phi) is 5.41. The Morgan fingerprint density at radius 2 is 1.94 bits per heavy atom. The number of nitrogens with two attached hydrogens (primary N) is 1. The van der Waals surface area contributed by atoms with E-state index in [1.165, 1.54) is 19.1 Å². The number of anilines is 1. The first kappa shape index (κ1) is 22.1. The SMILES string of the molecule is C[C@@]1(c2cc(NC(=O)c3ncc(C#N)cn3)ccc2F)CO[C@@](C)(C(F)(F)F)C(N)=N1. The Hall–Kier alpha value is -3.59. The van der Waals surface area contributed by atoms with Gasteiger partial charge in [-0.1, -0.05) is 0 Å². The number of nitrogens with one attached hydrogen (secondary N) is 1. The van der Waals surface area contributed by atoms with Gasteiger partial charge < -0.3 is 15.8 Å². The van der Waals surface area contributed by atoms with Gasteiger partial charge in [0.1, 0.15) is 23.3 Å². The van der Waals surface area contributed by atoms with E-state index in [0.717, 1.165) is 25.4 Å². The van der Waals surface area contributed by atoms with Crippen LogP contribution in [0.15, 0.2) is 35.6 Å². The Morgan fingerprint density at radius 3 is 2.48 bits per heavy atom. The summed E-state index contributed by atoms with van der Waals surface area (Å²) < 4.78 is 59.4. The van der Waals surface area contributed by atoms with Crippen LogP contribution in [-0.4, -0.2) is 40.1 Å². The summed E-state index contributed by atoms with van der Waals surface area (Å²) >= 11 is 0. The van der Waals surface area contributed by atoms with E-state index in [4.69, 9.17) is 15.7 Å². The summed E-state index contributed by atoms with van der Waals surface area (Å²) in [4.78, 5) is 23.7. The van der Waals surface area contributed by atoms with Crippen molar-refractivity contribution in [1.29, 1.82) is 5.26 Å². The largest absolute Gasteiger partial charge is 0.424 e. The lowest BCUT2D eigenvalue weighted by atomic mass is 9.89. The number of hydrogen-bond acceptors (Lipinski definition) is 7. The highest BCUT2D eigenvalue weighted by Gasteiger charge is 2.59. The number of amidine groups is 1. The number of aliphatic imine (C=N–C) groups is 1. The number of benzene rings is 1. The van der Waals surface area contributed by atoms with Crippen molar-refractivity contribution in [1.82, 2.24) is 9.97 Å². The lowest BCUT2D eigenvalue weighted by molar-refractivity contribution is -0.249. The second kappa shape index (κ2) is 7.59. The Balaban J connectivity index is 1.91. The van der Waals surface area contributed by atoms with Crippen LogP contribution in [0.2, 0.25) is 0 Å². The van der Waals surface area contributed by atoms with Crippen LogP contribution in [0.4, 0.5) is 23.2 Å². The van der Waals surface area contributed by atoms with Gasteiger partial charge in [-0.15, -0.1) is 0 Å². The number of carbonyl (C=O) groups excluding carboxylic acids is 1. The molecule has 3 rings (SSSR count). The molecule has 0 saturated heterocycles. The number of aromatic nitrogens is 2. The van der Waals surface area contributed by atoms with Crippen LogP contribution < -0.4 is 11.1 Å². The third kappa shape index (κ3) is 4.04. The predicted octanol–water partition coefficient (Wildman–Crippen LogP) is 2.66. The highest BCUT2D eigenvalue weighted by molar-refractivity contribution is 6.01. The van der Waals surface area contributed by atoms with Crippen LogP contribution in [0.5, 0.6) is 0 Å². The van der Waals surface area contributed by atoms with Crippen molar-refractivity contribution in [2.45, 2.75) is 31.2 Å². The molecule has 12 heteroatoms. The van der Waals surface area contributed by atoms with Crippen molar-refractivity contribution in [3.63, 3.8) is 0 Å². The fourth-order valence-corrected chi connectivity index (χ4v) is 2.83. The summed E-state index contributed by atoms with van der Waals surface area (Å²) in [5.41, 5.74) is 1.35. The standard InChI is InChI=1S/C19H16F4N6O2/c1-17(9-31-18(2,16(25)29-17)19(21,22)23)12-5-11(3-4-13(12)20)28-15(30)14-26-7-10(6-24)8-27-14/h3-5,7-8H,9H2,1-2H3,(H2,25,29)(H,28,30)/t17-,18+/m0/s1. The molecule has 0 radical (unpaired) electrons. The molecule has 3 N–H and O–H groups in total. The maximum Gasteiger partial charge on any atom is 0.424 e. The Morgan fingerprint density at radius 1 is 1.29 bits per heavy atom. The molecule has 31 heavy (non-hydrogen) atoms. The molecule has 1 aliphatic heterocycles. The van der Waals surface area contributed by atoms with E-state index in [9.17, 15) is 22.4 Å². The van der Waals surface area contributed by atoms with Crippen LogP contribution in [0, 0.1) is 17.1 Å². The number of alkyl halides is 3. The van der Waals surface area contributed by atoms with Gasteiger partial charge in [-0.05, 0) is 32.0 Å². The lowest BCUT2D eigenvalue weighted by Crippen LogP contribution is -2.60. The van der Waals surface area contributed by atoms with Gasteiger partial charge in [0.2, 0.25) is 11.4 Å². The second-order valence-corrected chi connectivity index (χ2v) is 7.15. The van der Waals surface area contributed by atoms with Gasteiger partial charge >= 0.3 is 6.18 Å². The molecule has 1 amide bonds. The highest BCUT2D eigenvalue weighted by atomic mass is 19.4. The van der Waals surface area contributed by atoms with E-state index in [0.29, 0.717) is 0 Å². The molecular formula is C19H16F4N6O2. The first-order valence-corrected chi connectivity index (χ1v) is 8.79. The van der Waals surface area contributed by atoms with E-state index in [2.05, 4.69) is 20.3 Å². The fraction of sp³-hybridized carbons (Fsp3) is 0.316. The molecule has 2 heterocycles. The van der Waals surface area contributed by atoms with E-state index in [1.54, 1.807) is 0 Å². The Labute approximate surface area is 173 Å². The van der Waals surface area contributed by atoms with Crippen LogP contribution in [0.25, 0.3) is 0 Å². The monoisotopic (exact) mass is 436 g/mol. The van der Waals surface area contributed by atoms with Gasteiger partial charge in [-0.3, -0.25) is 9.79 Å². The molecule has 0 spiro atoms. The quantitative estimate of drug-likeness (QED) is 0.713. The average molecular weight is 436 g/mol. The van der Waals surface area contributed by atoms with Crippen molar-refractivity contribution in [3.05, 3.63) is 53.4 Å². The highest BCUT2D eigenvalue weighted by Crippen LogP contribution is 2.41. The van der Waals surface area contributed by atoms with E-state index in [-0.39, 0.29) is 22.6 Å². The second-order valence-electron chi connectivity index (χ2n) is 7.15. The molecular weight excluding hydrogens is 420 g/mol. The molecule has 0 unspecified atom stereocenters. The molecule has 8 nitrogen and oxygen atoms in total. The van der Waals surface area contributed by atoms with Crippen molar-refractivity contribution in [3.8, 4) is 6.07 Å². The minimum atomic E-state index is -4.81. The number of ether oxygens (including phenoxy) is 1. The molecule has 1 aromatic carbocycles. The van der Waals surface area contributed by atoms with E-state index < -0.39 is 41.5 Å². The topological polar surface area (TPSA) is 126 Å². The average Bonchev–Trinajstić information content (AvgIpc) is 2.71. The summed E-state index contributed by atoms with van der Waals surface area (Å²) in [6.45, 7) is 1.51. The lowest BCUT2D eigenvalue weighted by Gasteiger charge is -2.41. The first-order chi connectivity index (χ1) is 14.4. The number of nitriles is 1. The van der Waals surface area contributed by atoms with E-state index >= 15 is 0 Å². The molecule has 2 atom stereocenters. The minimum absolute atomic E-state index is 0.119. The van der Waals surface area contributed by atoms with Crippen LogP contribution in [-0.2, 0) is 10.3 Å². The van der Waals surface area contributed by atoms with Crippen molar-refractivity contribution in [2.75, 3.05) is 11.9 Å². The third-order valence-electron chi connectivity index (χ3n) is 4.83. The molecule has 162 valence electrons. The molecule has 2 aromatic rings. The molecule has 0 fully saturated rings. The number of amides is 1. The number of carbonyl (C=O) groups is 1. The van der Waals surface area contributed by atoms with E-state index in [1.807, 2.05) is 6.07 Å². The van der Waals surface area contributed by atoms with Gasteiger partial charge in [-0.2, -0.15) is 18.4 Å². The summed E-state index contributed by atoms with van der Waals surface area (Å²) in [6, 6.07) is 5.31. The predicted molar refractivity (Wildman–Crippen MR) is 100 cm³/mol. The summed E-state index contributed by atoms with van der Waals surface area (Å²) in [5.74, 6) is -2.58. The van der Waals surface area contributed by atoms with Gasteiger partial charge in [0.05, 0.1) is 12.2 Å². The zero-order valence-corrected chi connectivity index (χ0v) is 16.3. The normalized spacial score (nSPS) is 23.6. The molecule has 1 aliphatic rings. The van der Waals surface area contributed by atoms with Crippen molar-refractivity contribution in [2.24, 2.45) is 10.7 Å². The smallest absolute Gasteiger partial charge is 0.385 e. The van der Waals surface area contributed by atoms with Crippen LogP contribution in [0.3, 0.4) is 0 Å². The van der Waals surface area contributed by atoms with Crippen LogP contribution in [0.1, 0.15) is 35.6 Å². The number of hydrogen-bond donors (Lipinski definition) is 2. The molecule has 1 aromatic heterocycles. The minimum Gasteiger partial charge on any atom is -0.385 e. The van der Waals surface area contributed by atoms with Crippen LogP contribution >= 0.6 is 0 Å². The van der Waals surface area contributed by atoms with Crippen molar-refractivity contribution >= 4 is 17.4 Å². The molecule has 0 bridgehead atoms. The zero-order valence-electron chi connectivity index (χ0n) is 16.3. The maximum atomic E-state index is 14.5. The maximum absolute atomic E-state index is 14.5. The summed E-state index contributed by atoms with van der Waals surface area (Å²) in [6.07, 6.45) is -2.49. The summed E-state index contributed by atoms with van der Waals surface area (Å²) in [7, 11) is 0. The molecule has 0 saturated carbocycles. The number of nitrogens with zero attached hydrogens (tertiary/aromatic N) is 4. The fourth-order valence-electron chi connectivity index (χ4n) is 2.83. The van der Waals surface area contributed by atoms with Crippen molar-refractivity contribution < 1.29 is 27.1 Å². The number of rotatable bonds is 3. The third-order valence-corrected chi connectivity index (χ3v) is 4.83. The van der Waals surface area contributed by atoms with Gasteiger partial charge in [-0.25, -0.2) is 14.4 Å². The first-order valence-electron chi connectivity index (χ1n) is 8.79. The van der Waals surface area contributed by atoms with Gasteiger partial charge in [0.25, 0.3) is 5.91 Å². The Bertz CT molecular complexity index is 1100. The number of halogens is 4.